The minimum absolute atomic E-state index is 0.107. The highest BCUT2D eigenvalue weighted by molar-refractivity contribution is 7.98. The molecule has 0 aliphatic carbocycles. The third-order valence-electron chi connectivity index (χ3n) is 5.20. The topological polar surface area (TPSA) is 110 Å². The van der Waals surface area contributed by atoms with Gasteiger partial charge < -0.3 is 20.9 Å². The Morgan fingerprint density at radius 3 is 2.52 bits per heavy atom. The number of aliphatic hydroxyl groups is 1. The van der Waals surface area contributed by atoms with Gasteiger partial charge in [0.2, 0.25) is 11.8 Å². The van der Waals surface area contributed by atoms with Crippen LogP contribution in [-0.4, -0.2) is 46.0 Å². The fraction of sp³-hybridized carbons (Fsp3) is 0.320. The first-order chi connectivity index (χ1) is 15.8. The second-order valence-electron chi connectivity index (χ2n) is 7.98. The van der Waals surface area contributed by atoms with Crippen LogP contribution in [0.5, 0.6) is 5.88 Å². The number of nitrogens with zero attached hydrogens (tertiary/aromatic N) is 2. The number of amides is 1. The van der Waals surface area contributed by atoms with E-state index in [1.807, 2.05) is 56.5 Å². The van der Waals surface area contributed by atoms with E-state index in [4.69, 9.17) is 10.5 Å². The van der Waals surface area contributed by atoms with Crippen LogP contribution in [0.2, 0.25) is 0 Å². The first-order valence-corrected chi connectivity index (χ1v) is 12.0. The van der Waals surface area contributed by atoms with Gasteiger partial charge in [-0.2, -0.15) is 4.98 Å². The van der Waals surface area contributed by atoms with Gasteiger partial charge in [0.25, 0.3) is 5.91 Å². The molecule has 1 unspecified atom stereocenters. The summed E-state index contributed by atoms with van der Waals surface area (Å²) in [4.78, 5) is 22.4. The van der Waals surface area contributed by atoms with Crippen molar-refractivity contribution in [2.24, 2.45) is 0 Å². The predicted molar refractivity (Wildman–Crippen MR) is 133 cm³/mol. The highest BCUT2D eigenvalue weighted by atomic mass is 32.2. The number of aliphatic hydroxyl groups excluding tert-OH is 1. The molecule has 174 valence electrons. The summed E-state index contributed by atoms with van der Waals surface area (Å²) in [5.41, 5.74) is 10.4. The number of benzene rings is 2. The molecular weight excluding hydrogens is 436 g/mol. The van der Waals surface area contributed by atoms with Crippen LogP contribution in [0.4, 0.5) is 5.95 Å². The summed E-state index contributed by atoms with van der Waals surface area (Å²) in [6, 6.07) is 14.8. The lowest BCUT2D eigenvalue weighted by atomic mass is 10.00. The van der Waals surface area contributed by atoms with Gasteiger partial charge in [0.05, 0.1) is 23.4 Å². The molecule has 8 heteroatoms. The van der Waals surface area contributed by atoms with E-state index in [0.29, 0.717) is 23.6 Å². The maximum absolute atomic E-state index is 12.9. The average molecular weight is 467 g/mol. The van der Waals surface area contributed by atoms with E-state index in [1.54, 1.807) is 19.1 Å². The summed E-state index contributed by atoms with van der Waals surface area (Å²) >= 11 is 1.51. The van der Waals surface area contributed by atoms with Crippen molar-refractivity contribution in [1.29, 1.82) is 0 Å². The molecule has 0 bridgehead atoms. The number of carbonyl (C=O) groups is 1. The number of nitrogens with one attached hydrogen (secondary N) is 1. The van der Waals surface area contributed by atoms with E-state index in [0.717, 1.165) is 21.6 Å². The molecule has 0 fully saturated rings. The fourth-order valence-corrected chi connectivity index (χ4v) is 4.32. The Hall–Kier alpha value is -3.10. The van der Waals surface area contributed by atoms with Crippen molar-refractivity contribution < 1.29 is 14.6 Å². The first-order valence-electron chi connectivity index (χ1n) is 10.7. The normalized spacial score (nSPS) is 12.8. The third-order valence-corrected chi connectivity index (χ3v) is 6.00. The number of nitrogen functional groups attached to an aromatic ring is 1. The number of hydrogen-bond donors (Lipinski definition) is 3. The van der Waals surface area contributed by atoms with Crippen molar-refractivity contribution in [2.45, 2.75) is 44.2 Å². The summed E-state index contributed by atoms with van der Waals surface area (Å²) in [5, 5.41) is 12.9. The number of carbonyl (C=O) groups excluding carboxylic acids is 1. The first kappa shape index (κ1) is 24.5. The molecule has 0 saturated carbocycles. The lowest BCUT2D eigenvalue weighted by molar-refractivity contribution is 0.0884. The number of rotatable bonds is 9. The summed E-state index contributed by atoms with van der Waals surface area (Å²) in [5.74, 6) is 0.206. The molecule has 7 nitrogen and oxygen atoms in total. The molecule has 1 amide bonds. The second-order valence-corrected chi connectivity index (χ2v) is 8.83. The Bertz CT molecular complexity index is 1100. The van der Waals surface area contributed by atoms with Crippen LogP contribution in [0.25, 0.3) is 11.3 Å². The Labute approximate surface area is 198 Å². The SMILES string of the molecule is CSc1ccccc1C(=O)N[C@@H](COc1cc(-c2c(C)cccc2C)nc(N)n1)CC(C)O. The molecular formula is C25H30N4O3S. The van der Waals surface area contributed by atoms with Gasteiger partial charge >= 0.3 is 0 Å². The Balaban J connectivity index is 1.79. The fourth-order valence-electron chi connectivity index (χ4n) is 3.73. The number of hydrogen-bond acceptors (Lipinski definition) is 7. The summed E-state index contributed by atoms with van der Waals surface area (Å²) < 4.78 is 5.92. The van der Waals surface area contributed by atoms with Gasteiger partial charge in [-0.3, -0.25) is 4.79 Å². The van der Waals surface area contributed by atoms with E-state index < -0.39 is 12.1 Å². The lowest BCUT2D eigenvalue weighted by Gasteiger charge is -2.21. The molecule has 0 aliphatic rings. The zero-order chi connectivity index (χ0) is 24.0. The van der Waals surface area contributed by atoms with Crippen molar-refractivity contribution >= 4 is 23.6 Å². The van der Waals surface area contributed by atoms with E-state index >= 15 is 0 Å². The molecule has 0 spiro atoms. The molecule has 3 rings (SSSR count). The largest absolute Gasteiger partial charge is 0.475 e. The standard InChI is InChI=1S/C25H30N4O3S/c1-15-8-7-9-16(2)23(15)20-13-22(29-25(26)28-20)32-14-18(12-17(3)30)27-24(31)19-10-5-6-11-21(19)33-4/h5-11,13,17-18,30H,12,14H2,1-4H3,(H,27,31)(H2,26,28,29)/t17?,18-/m1/s1. The Kier molecular flexibility index (Phi) is 8.30. The van der Waals surface area contributed by atoms with Crippen LogP contribution in [0.15, 0.2) is 53.4 Å². The third kappa shape index (κ3) is 6.46. The zero-order valence-corrected chi connectivity index (χ0v) is 20.1. The Morgan fingerprint density at radius 2 is 1.85 bits per heavy atom. The van der Waals surface area contributed by atoms with Crippen molar-refractivity contribution in [3.05, 3.63) is 65.2 Å². The van der Waals surface area contributed by atoms with Gasteiger partial charge in [-0.05, 0) is 56.7 Å². The van der Waals surface area contributed by atoms with Crippen molar-refractivity contribution in [3.8, 4) is 17.1 Å². The minimum atomic E-state index is -0.615. The van der Waals surface area contributed by atoms with Crippen molar-refractivity contribution in [2.75, 3.05) is 18.6 Å². The zero-order valence-electron chi connectivity index (χ0n) is 19.3. The predicted octanol–water partition coefficient (Wildman–Crippen LogP) is 4.01. The number of aromatic nitrogens is 2. The molecule has 0 radical (unpaired) electrons. The van der Waals surface area contributed by atoms with E-state index in [2.05, 4.69) is 15.3 Å². The van der Waals surface area contributed by atoms with Crippen LogP contribution in [0.3, 0.4) is 0 Å². The van der Waals surface area contributed by atoms with Gasteiger partial charge in [0.15, 0.2) is 0 Å². The van der Waals surface area contributed by atoms with E-state index in [1.165, 1.54) is 11.8 Å². The number of nitrogens with two attached hydrogens (primary N) is 1. The monoisotopic (exact) mass is 466 g/mol. The van der Waals surface area contributed by atoms with Crippen molar-refractivity contribution in [1.82, 2.24) is 15.3 Å². The van der Waals surface area contributed by atoms with Gasteiger partial charge in [-0.1, -0.05) is 30.3 Å². The molecule has 1 heterocycles. The molecule has 2 atom stereocenters. The van der Waals surface area contributed by atoms with Crippen LogP contribution in [-0.2, 0) is 0 Å². The highest BCUT2D eigenvalue weighted by Gasteiger charge is 2.19. The quantitative estimate of drug-likeness (QED) is 0.409. The van der Waals surface area contributed by atoms with Gasteiger partial charge in [0.1, 0.15) is 6.61 Å². The second kappa shape index (κ2) is 11.2. The Morgan fingerprint density at radius 1 is 1.15 bits per heavy atom. The van der Waals surface area contributed by atoms with Crippen molar-refractivity contribution in [3.63, 3.8) is 0 Å². The summed E-state index contributed by atoms with van der Waals surface area (Å²) in [6.07, 6.45) is 1.64. The van der Waals surface area contributed by atoms with Gasteiger partial charge in [-0.25, -0.2) is 4.98 Å². The molecule has 4 N–H and O–H groups in total. The highest BCUT2D eigenvalue weighted by Crippen LogP contribution is 2.28. The average Bonchev–Trinajstić information content (AvgIpc) is 2.76. The van der Waals surface area contributed by atoms with Crippen LogP contribution in [0, 0.1) is 13.8 Å². The molecule has 0 saturated heterocycles. The van der Waals surface area contributed by atoms with Crippen LogP contribution < -0.4 is 15.8 Å². The van der Waals surface area contributed by atoms with Gasteiger partial charge in [-0.15, -0.1) is 11.8 Å². The molecule has 1 aromatic heterocycles. The molecule has 3 aromatic rings. The summed E-state index contributed by atoms with van der Waals surface area (Å²) in [6.45, 7) is 5.83. The molecule has 0 aliphatic heterocycles. The number of anilines is 1. The van der Waals surface area contributed by atoms with Crippen LogP contribution >= 0.6 is 11.8 Å². The number of aryl methyl sites for hydroxylation is 2. The smallest absolute Gasteiger partial charge is 0.252 e. The number of thioether (sulfide) groups is 1. The maximum atomic E-state index is 12.9. The van der Waals surface area contributed by atoms with Crippen LogP contribution in [0.1, 0.15) is 34.8 Å². The summed E-state index contributed by atoms with van der Waals surface area (Å²) in [7, 11) is 0. The molecule has 33 heavy (non-hydrogen) atoms. The van der Waals surface area contributed by atoms with E-state index in [-0.39, 0.29) is 18.5 Å². The van der Waals surface area contributed by atoms with Gasteiger partial charge in [0, 0.05) is 16.5 Å². The van der Waals surface area contributed by atoms with E-state index in [9.17, 15) is 9.90 Å². The lowest BCUT2D eigenvalue weighted by Crippen LogP contribution is -2.41. The molecule has 2 aromatic carbocycles. The minimum Gasteiger partial charge on any atom is -0.475 e. The number of ether oxygens (including phenoxy) is 1. The maximum Gasteiger partial charge on any atom is 0.252 e.